The lowest BCUT2D eigenvalue weighted by Gasteiger charge is -2.11. The summed E-state index contributed by atoms with van der Waals surface area (Å²) in [7, 11) is 0. The standard InChI is InChI=1S/C13H13ClN4O3S/c14-8-1-3-9(4-2-8)18-12(21)10(7-16-15-5-6-19)11(20)17-13(18)22/h1-4,7,15,19,21H,5-6H2,(H,17,20,22). The van der Waals surface area contributed by atoms with E-state index >= 15 is 0 Å². The highest BCUT2D eigenvalue weighted by Crippen LogP contribution is 2.20. The van der Waals surface area contributed by atoms with Crippen LogP contribution >= 0.6 is 23.8 Å². The first-order chi connectivity index (χ1) is 10.5. The van der Waals surface area contributed by atoms with Gasteiger partial charge < -0.3 is 15.6 Å². The smallest absolute Gasteiger partial charge is 0.264 e. The van der Waals surface area contributed by atoms with Gasteiger partial charge in [0.25, 0.3) is 5.56 Å². The fraction of sp³-hybridized carbons (Fsp3) is 0.154. The van der Waals surface area contributed by atoms with Crippen LogP contribution in [0.2, 0.25) is 5.02 Å². The number of aromatic nitrogens is 2. The van der Waals surface area contributed by atoms with Gasteiger partial charge in [-0.25, -0.2) is 0 Å². The number of benzene rings is 1. The summed E-state index contributed by atoms with van der Waals surface area (Å²) in [5, 5.41) is 23.2. The predicted molar refractivity (Wildman–Crippen MR) is 86.6 cm³/mol. The van der Waals surface area contributed by atoms with Crippen LogP contribution in [0.1, 0.15) is 5.56 Å². The lowest BCUT2D eigenvalue weighted by molar-refractivity contribution is 0.294. The quantitative estimate of drug-likeness (QED) is 0.283. The molecule has 0 amide bonds. The second-order valence-electron chi connectivity index (χ2n) is 4.20. The topological polar surface area (TPSA) is 103 Å². The number of hydrogen-bond acceptors (Lipinski definition) is 6. The molecule has 2 rings (SSSR count). The maximum Gasteiger partial charge on any atom is 0.264 e. The third-order valence-corrected chi connectivity index (χ3v) is 3.25. The molecule has 1 heterocycles. The Bertz CT molecular complexity index is 798. The third kappa shape index (κ3) is 3.53. The molecule has 0 aliphatic heterocycles. The number of halogens is 1. The minimum atomic E-state index is -0.567. The Morgan fingerprint density at radius 1 is 1.41 bits per heavy atom. The Kier molecular flexibility index (Phi) is 5.31. The van der Waals surface area contributed by atoms with Crippen LogP contribution in [0.25, 0.3) is 5.69 Å². The van der Waals surface area contributed by atoms with Crippen molar-refractivity contribution in [1.29, 1.82) is 0 Å². The predicted octanol–water partition coefficient (Wildman–Crippen LogP) is 1.17. The first-order valence-corrected chi connectivity index (χ1v) is 7.04. The van der Waals surface area contributed by atoms with Crippen LogP contribution in [0.5, 0.6) is 5.88 Å². The van der Waals surface area contributed by atoms with Gasteiger partial charge in [-0.05, 0) is 36.5 Å². The Morgan fingerprint density at radius 3 is 2.73 bits per heavy atom. The van der Waals surface area contributed by atoms with E-state index < -0.39 is 5.56 Å². The minimum Gasteiger partial charge on any atom is -0.494 e. The van der Waals surface area contributed by atoms with Crippen molar-refractivity contribution in [2.75, 3.05) is 13.2 Å². The lowest BCUT2D eigenvalue weighted by atomic mass is 10.3. The first-order valence-electron chi connectivity index (χ1n) is 6.25. The molecule has 2 aromatic rings. The summed E-state index contributed by atoms with van der Waals surface area (Å²) in [4.78, 5) is 14.3. The van der Waals surface area contributed by atoms with Crippen molar-refractivity contribution < 1.29 is 10.2 Å². The van der Waals surface area contributed by atoms with E-state index in [2.05, 4.69) is 15.5 Å². The highest BCUT2D eigenvalue weighted by Gasteiger charge is 2.12. The van der Waals surface area contributed by atoms with Gasteiger partial charge in [0.2, 0.25) is 5.88 Å². The van der Waals surface area contributed by atoms with Crippen molar-refractivity contribution >= 4 is 30.0 Å². The van der Waals surface area contributed by atoms with Gasteiger partial charge in [-0.2, -0.15) is 5.10 Å². The SMILES string of the molecule is O=c1[nH]c(=S)n(-c2ccc(Cl)cc2)c(O)c1C=NNCCO. The molecule has 9 heteroatoms. The second kappa shape index (κ2) is 7.21. The Balaban J connectivity index is 2.51. The zero-order valence-corrected chi connectivity index (χ0v) is 12.9. The summed E-state index contributed by atoms with van der Waals surface area (Å²) in [6, 6.07) is 6.59. The van der Waals surface area contributed by atoms with Crippen molar-refractivity contribution in [2.24, 2.45) is 5.10 Å². The van der Waals surface area contributed by atoms with Crippen molar-refractivity contribution in [3.05, 3.63) is 50.0 Å². The molecule has 0 atom stereocenters. The fourth-order valence-electron chi connectivity index (χ4n) is 1.71. The molecule has 7 nitrogen and oxygen atoms in total. The number of H-pyrrole nitrogens is 1. The number of aliphatic hydroxyl groups excluding tert-OH is 1. The van der Waals surface area contributed by atoms with Crippen molar-refractivity contribution in [1.82, 2.24) is 15.0 Å². The zero-order valence-electron chi connectivity index (χ0n) is 11.3. The summed E-state index contributed by atoms with van der Waals surface area (Å²) >= 11 is 10.9. The van der Waals surface area contributed by atoms with Crippen LogP contribution in [-0.2, 0) is 0 Å². The molecule has 4 N–H and O–H groups in total. The number of hydrazone groups is 1. The van der Waals surface area contributed by atoms with Crippen LogP contribution < -0.4 is 11.0 Å². The van der Waals surface area contributed by atoms with Crippen LogP contribution in [0.4, 0.5) is 0 Å². The number of aromatic hydroxyl groups is 1. The zero-order chi connectivity index (χ0) is 16.1. The first kappa shape index (κ1) is 16.2. The number of nitrogens with zero attached hydrogens (tertiary/aromatic N) is 2. The molecule has 0 saturated carbocycles. The fourth-order valence-corrected chi connectivity index (χ4v) is 2.12. The van der Waals surface area contributed by atoms with Gasteiger partial charge in [0.15, 0.2) is 4.77 Å². The molecule has 0 bridgehead atoms. The van der Waals surface area contributed by atoms with Crippen LogP contribution in [-0.4, -0.2) is 39.1 Å². The van der Waals surface area contributed by atoms with E-state index in [9.17, 15) is 9.90 Å². The van der Waals surface area contributed by atoms with E-state index in [1.165, 1.54) is 4.57 Å². The van der Waals surface area contributed by atoms with Gasteiger partial charge >= 0.3 is 0 Å². The summed E-state index contributed by atoms with van der Waals surface area (Å²) in [6.07, 6.45) is 1.16. The molecule has 0 saturated heterocycles. The number of aliphatic hydroxyl groups is 1. The maximum atomic E-state index is 11.9. The van der Waals surface area contributed by atoms with E-state index in [4.69, 9.17) is 28.9 Å². The molecule has 0 radical (unpaired) electrons. The van der Waals surface area contributed by atoms with Gasteiger partial charge in [-0.1, -0.05) is 11.6 Å². The van der Waals surface area contributed by atoms with Crippen LogP contribution in [0.15, 0.2) is 34.2 Å². The summed E-state index contributed by atoms with van der Waals surface area (Å²) in [5.74, 6) is -0.342. The molecule has 22 heavy (non-hydrogen) atoms. The Labute approximate surface area is 135 Å². The van der Waals surface area contributed by atoms with E-state index in [-0.39, 0.29) is 29.4 Å². The normalized spacial score (nSPS) is 11.0. The van der Waals surface area contributed by atoms with Gasteiger partial charge in [0.05, 0.1) is 25.1 Å². The van der Waals surface area contributed by atoms with Crippen molar-refractivity contribution in [3.63, 3.8) is 0 Å². The van der Waals surface area contributed by atoms with Crippen LogP contribution in [0, 0.1) is 4.77 Å². The average Bonchev–Trinajstić information content (AvgIpc) is 2.48. The molecular weight excluding hydrogens is 328 g/mol. The largest absolute Gasteiger partial charge is 0.494 e. The van der Waals surface area contributed by atoms with Crippen molar-refractivity contribution in [3.8, 4) is 11.6 Å². The summed E-state index contributed by atoms with van der Waals surface area (Å²) < 4.78 is 1.34. The molecule has 0 fully saturated rings. The number of nitrogens with one attached hydrogen (secondary N) is 2. The van der Waals surface area contributed by atoms with Crippen LogP contribution in [0.3, 0.4) is 0 Å². The lowest BCUT2D eigenvalue weighted by Crippen LogP contribution is -2.19. The van der Waals surface area contributed by atoms with Gasteiger partial charge in [0, 0.05) is 5.02 Å². The number of aromatic amines is 1. The third-order valence-electron chi connectivity index (χ3n) is 2.71. The highest BCUT2D eigenvalue weighted by atomic mass is 35.5. The summed E-state index contributed by atoms with van der Waals surface area (Å²) in [6.45, 7) is 0.126. The van der Waals surface area contributed by atoms with Gasteiger partial charge in [0.1, 0.15) is 5.56 Å². The van der Waals surface area contributed by atoms with E-state index in [1.807, 2.05) is 0 Å². The molecule has 0 aliphatic rings. The van der Waals surface area contributed by atoms with E-state index in [0.29, 0.717) is 10.7 Å². The van der Waals surface area contributed by atoms with E-state index in [1.54, 1.807) is 24.3 Å². The average molecular weight is 341 g/mol. The molecular formula is C13H13ClN4O3S. The molecule has 1 aromatic heterocycles. The minimum absolute atomic E-state index is 0.0466. The second-order valence-corrected chi connectivity index (χ2v) is 5.02. The maximum absolute atomic E-state index is 11.9. The molecule has 0 aliphatic carbocycles. The Morgan fingerprint density at radius 2 is 2.09 bits per heavy atom. The van der Waals surface area contributed by atoms with Gasteiger partial charge in [-0.15, -0.1) is 0 Å². The molecule has 116 valence electrons. The van der Waals surface area contributed by atoms with Crippen molar-refractivity contribution in [2.45, 2.75) is 0 Å². The molecule has 0 spiro atoms. The molecule has 1 aromatic carbocycles. The number of hydrogen-bond donors (Lipinski definition) is 4. The monoisotopic (exact) mass is 340 g/mol. The highest BCUT2D eigenvalue weighted by molar-refractivity contribution is 7.71. The number of rotatable bonds is 5. The molecule has 0 unspecified atom stereocenters. The summed E-state index contributed by atoms with van der Waals surface area (Å²) in [5.41, 5.74) is 2.44. The van der Waals surface area contributed by atoms with Gasteiger partial charge in [-0.3, -0.25) is 14.3 Å². The Hall–Kier alpha value is -2.16. The van der Waals surface area contributed by atoms with E-state index in [0.717, 1.165) is 6.21 Å².